The normalized spacial score (nSPS) is 23.1. The van der Waals surface area contributed by atoms with Crippen molar-refractivity contribution in [1.82, 2.24) is 4.57 Å². The molecule has 1 fully saturated rings. The monoisotopic (exact) mass is 263 g/mol. The highest BCUT2D eigenvalue weighted by molar-refractivity contribution is 5.92. The van der Waals surface area contributed by atoms with Crippen LogP contribution in [-0.4, -0.2) is 17.0 Å². The molecule has 5 heteroatoms. The first-order valence-corrected chi connectivity index (χ1v) is 6.79. The van der Waals surface area contributed by atoms with E-state index in [9.17, 15) is 9.59 Å². The van der Waals surface area contributed by atoms with Crippen molar-refractivity contribution in [2.45, 2.75) is 25.7 Å². The molecule has 2 atom stereocenters. The second kappa shape index (κ2) is 6.02. The molecule has 104 valence electrons. The van der Waals surface area contributed by atoms with Gasteiger partial charge < -0.3 is 15.6 Å². The Morgan fingerprint density at radius 1 is 1.42 bits per heavy atom. The van der Waals surface area contributed by atoms with Crippen molar-refractivity contribution < 1.29 is 4.79 Å². The Labute approximate surface area is 112 Å². The number of carbonyl (C=O) groups excluding carboxylic acids is 1. The lowest BCUT2D eigenvalue weighted by Crippen LogP contribution is -2.35. The van der Waals surface area contributed by atoms with Gasteiger partial charge in [-0.3, -0.25) is 9.59 Å². The van der Waals surface area contributed by atoms with Crippen LogP contribution in [0.15, 0.2) is 23.1 Å². The molecule has 0 aromatic carbocycles. The third kappa shape index (κ3) is 3.23. The van der Waals surface area contributed by atoms with Crippen molar-refractivity contribution in [3.05, 3.63) is 28.7 Å². The molecule has 0 spiro atoms. The Morgan fingerprint density at radius 2 is 2.16 bits per heavy atom. The number of nitrogens with one attached hydrogen (secondary N) is 1. The average molecular weight is 263 g/mol. The topological polar surface area (TPSA) is 77.1 Å². The first-order chi connectivity index (χ1) is 9.11. The number of carbonyl (C=O) groups is 1. The smallest absolute Gasteiger partial charge is 0.250 e. The third-order valence-electron chi connectivity index (χ3n) is 3.90. The van der Waals surface area contributed by atoms with Crippen molar-refractivity contribution in [1.29, 1.82) is 0 Å². The van der Waals surface area contributed by atoms with Crippen molar-refractivity contribution in [3.63, 3.8) is 0 Å². The molecule has 2 unspecified atom stereocenters. The summed E-state index contributed by atoms with van der Waals surface area (Å²) in [5.41, 5.74) is 6.32. The Hall–Kier alpha value is -1.62. The van der Waals surface area contributed by atoms with E-state index in [0.29, 0.717) is 12.2 Å². The molecule has 0 aliphatic heterocycles. The van der Waals surface area contributed by atoms with Gasteiger partial charge in [0.15, 0.2) is 0 Å². The van der Waals surface area contributed by atoms with Gasteiger partial charge >= 0.3 is 0 Å². The summed E-state index contributed by atoms with van der Waals surface area (Å²) in [6.07, 6.45) is 5.81. The van der Waals surface area contributed by atoms with Crippen LogP contribution in [0.3, 0.4) is 0 Å². The number of amides is 1. The minimum Gasteiger partial charge on any atom is -0.330 e. The van der Waals surface area contributed by atoms with E-state index in [4.69, 9.17) is 5.73 Å². The van der Waals surface area contributed by atoms with Crippen LogP contribution in [0.2, 0.25) is 0 Å². The van der Waals surface area contributed by atoms with E-state index >= 15 is 0 Å². The lowest BCUT2D eigenvalue weighted by molar-refractivity contribution is -0.122. The highest BCUT2D eigenvalue weighted by Gasteiger charge is 2.29. The van der Waals surface area contributed by atoms with E-state index in [2.05, 4.69) is 5.32 Å². The van der Waals surface area contributed by atoms with Crippen LogP contribution in [0.4, 0.5) is 5.69 Å². The highest BCUT2D eigenvalue weighted by atomic mass is 16.2. The third-order valence-corrected chi connectivity index (χ3v) is 3.90. The number of pyridine rings is 1. The van der Waals surface area contributed by atoms with Crippen LogP contribution in [0.5, 0.6) is 0 Å². The van der Waals surface area contributed by atoms with Crippen molar-refractivity contribution in [2.75, 3.05) is 11.9 Å². The summed E-state index contributed by atoms with van der Waals surface area (Å²) >= 11 is 0. The second-order valence-corrected chi connectivity index (χ2v) is 5.24. The molecule has 3 N–H and O–H groups in total. The Bertz CT molecular complexity index is 510. The van der Waals surface area contributed by atoms with Gasteiger partial charge in [-0.05, 0) is 31.4 Å². The van der Waals surface area contributed by atoms with Gasteiger partial charge in [-0.25, -0.2) is 0 Å². The Kier molecular flexibility index (Phi) is 4.37. The van der Waals surface area contributed by atoms with Gasteiger partial charge in [0.1, 0.15) is 0 Å². The number of rotatable bonds is 3. The molecule has 0 saturated heterocycles. The minimum atomic E-state index is -0.0875. The van der Waals surface area contributed by atoms with Crippen LogP contribution in [0.1, 0.15) is 25.7 Å². The fraction of sp³-hybridized carbons (Fsp3) is 0.571. The number of nitrogens with zero attached hydrogens (tertiary/aromatic N) is 1. The standard InChI is InChI=1S/C14H21N3O2/c1-17-9-11(6-7-13(17)18)16-14(19)12-5-3-2-4-10(12)8-15/h6-7,9-10,12H,2-5,8,15H2,1H3,(H,16,19). The number of aryl methyl sites for hydroxylation is 1. The second-order valence-electron chi connectivity index (χ2n) is 5.24. The van der Waals surface area contributed by atoms with E-state index in [0.717, 1.165) is 25.7 Å². The summed E-state index contributed by atoms with van der Waals surface area (Å²) in [4.78, 5) is 23.6. The largest absolute Gasteiger partial charge is 0.330 e. The summed E-state index contributed by atoms with van der Waals surface area (Å²) in [6, 6.07) is 3.09. The van der Waals surface area contributed by atoms with Crippen molar-refractivity contribution in [2.24, 2.45) is 24.6 Å². The molecule has 1 heterocycles. The van der Waals surface area contributed by atoms with Gasteiger partial charge in [0.25, 0.3) is 0 Å². The van der Waals surface area contributed by atoms with Crippen LogP contribution < -0.4 is 16.6 Å². The lowest BCUT2D eigenvalue weighted by Gasteiger charge is -2.29. The Morgan fingerprint density at radius 3 is 2.84 bits per heavy atom. The van der Waals surface area contributed by atoms with E-state index in [1.165, 1.54) is 10.6 Å². The zero-order chi connectivity index (χ0) is 13.8. The molecule has 0 bridgehead atoms. The summed E-state index contributed by atoms with van der Waals surface area (Å²) in [6.45, 7) is 0.561. The quantitative estimate of drug-likeness (QED) is 0.857. The van der Waals surface area contributed by atoms with Crippen molar-refractivity contribution >= 4 is 11.6 Å². The van der Waals surface area contributed by atoms with Gasteiger partial charge in [0, 0.05) is 25.2 Å². The van der Waals surface area contributed by atoms with Crippen LogP contribution in [-0.2, 0) is 11.8 Å². The zero-order valence-electron chi connectivity index (χ0n) is 11.3. The first-order valence-electron chi connectivity index (χ1n) is 6.79. The molecule has 5 nitrogen and oxygen atoms in total. The average Bonchev–Trinajstić information content (AvgIpc) is 2.43. The van der Waals surface area contributed by atoms with Crippen LogP contribution in [0.25, 0.3) is 0 Å². The number of nitrogens with two attached hydrogens (primary N) is 1. The fourth-order valence-electron chi connectivity index (χ4n) is 2.74. The molecule has 1 aromatic rings. The maximum atomic E-state index is 12.3. The highest BCUT2D eigenvalue weighted by Crippen LogP contribution is 2.30. The molecule has 1 saturated carbocycles. The van der Waals surface area contributed by atoms with E-state index in [-0.39, 0.29) is 23.3 Å². The maximum absolute atomic E-state index is 12.3. The molecule has 19 heavy (non-hydrogen) atoms. The van der Waals surface area contributed by atoms with E-state index < -0.39 is 0 Å². The molecule has 1 aliphatic carbocycles. The van der Waals surface area contributed by atoms with E-state index in [1.807, 2.05) is 0 Å². The number of hydrogen-bond acceptors (Lipinski definition) is 3. The Balaban J connectivity index is 2.07. The number of anilines is 1. The first kappa shape index (κ1) is 13.8. The predicted octanol–water partition coefficient (Wildman–Crippen LogP) is 1.09. The van der Waals surface area contributed by atoms with E-state index in [1.54, 1.807) is 19.3 Å². The molecule has 0 radical (unpaired) electrons. The van der Waals surface area contributed by atoms with Gasteiger partial charge in [0.2, 0.25) is 11.5 Å². The summed E-state index contributed by atoms with van der Waals surface area (Å²) in [5.74, 6) is 0.297. The van der Waals surface area contributed by atoms with Crippen molar-refractivity contribution in [3.8, 4) is 0 Å². The van der Waals surface area contributed by atoms with Gasteiger partial charge in [0.05, 0.1) is 5.69 Å². The zero-order valence-corrected chi connectivity index (χ0v) is 11.3. The summed E-state index contributed by atoms with van der Waals surface area (Å²) in [5, 5.41) is 2.89. The molecular formula is C14H21N3O2. The van der Waals surface area contributed by atoms with Gasteiger partial charge in [-0.1, -0.05) is 12.8 Å². The van der Waals surface area contributed by atoms with Gasteiger partial charge in [-0.2, -0.15) is 0 Å². The number of hydrogen-bond donors (Lipinski definition) is 2. The number of aromatic nitrogens is 1. The SMILES string of the molecule is Cn1cc(NC(=O)C2CCCCC2CN)ccc1=O. The molecule has 2 rings (SSSR count). The predicted molar refractivity (Wildman–Crippen MR) is 74.8 cm³/mol. The maximum Gasteiger partial charge on any atom is 0.250 e. The minimum absolute atomic E-state index is 0.00372. The van der Waals surface area contributed by atoms with Crippen LogP contribution >= 0.6 is 0 Å². The molecule has 1 aliphatic rings. The molecule has 1 amide bonds. The van der Waals surface area contributed by atoms with Gasteiger partial charge in [-0.15, -0.1) is 0 Å². The molecular weight excluding hydrogens is 242 g/mol. The summed E-state index contributed by atoms with van der Waals surface area (Å²) in [7, 11) is 1.67. The fourth-order valence-corrected chi connectivity index (χ4v) is 2.74. The molecule has 1 aromatic heterocycles. The van der Waals surface area contributed by atoms with Crippen LogP contribution in [0, 0.1) is 11.8 Å². The lowest BCUT2D eigenvalue weighted by atomic mass is 9.79. The summed E-state index contributed by atoms with van der Waals surface area (Å²) < 4.78 is 1.46.